The van der Waals surface area contributed by atoms with Crippen molar-refractivity contribution in [3.8, 4) is 0 Å². The third-order valence-electron chi connectivity index (χ3n) is 5.96. The molecule has 2 amide bonds. The maximum Gasteiger partial charge on any atom is 0.416 e. The van der Waals surface area contributed by atoms with E-state index in [0.29, 0.717) is 29.4 Å². The van der Waals surface area contributed by atoms with Gasteiger partial charge in [0, 0.05) is 36.9 Å². The molecule has 0 spiro atoms. The van der Waals surface area contributed by atoms with Crippen molar-refractivity contribution in [3.05, 3.63) is 64.7 Å². The van der Waals surface area contributed by atoms with Gasteiger partial charge in [-0.2, -0.15) is 13.2 Å². The van der Waals surface area contributed by atoms with Crippen molar-refractivity contribution in [3.63, 3.8) is 0 Å². The fourth-order valence-corrected chi connectivity index (χ4v) is 5.88. The van der Waals surface area contributed by atoms with Crippen molar-refractivity contribution in [1.29, 1.82) is 0 Å². The van der Waals surface area contributed by atoms with Crippen molar-refractivity contribution in [1.82, 2.24) is 9.21 Å². The molecule has 1 atom stereocenters. The Morgan fingerprint density at radius 2 is 1.70 bits per heavy atom. The molecule has 2 aliphatic rings. The van der Waals surface area contributed by atoms with Gasteiger partial charge < -0.3 is 4.90 Å². The lowest BCUT2D eigenvalue weighted by molar-refractivity contribution is -0.137. The number of halogens is 4. The van der Waals surface area contributed by atoms with Crippen LogP contribution in [-0.4, -0.2) is 55.6 Å². The first-order chi connectivity index (χ1) is 15.6. The second-order valence-corrected chi connectivity index (χ2v) is 10.7. The molecule has 178 valence electrons. The number of sulfonamides is 1. The lowest BCUT2D eigenvalue weighted by Gasteiger charge is -2.24. The topological polar surface area (TPSA) is 60.9 Å². The average molecular weight is 502 g/mol. The number of hydrogen-bond donors (Lipinski definition) is 0. The molecule has 0 aliphatic carbocycles. The van der Waals surface area contributed by atoms with Crippen LogP contribution in [0.4, 0.5) is 23.7 Å². The number of anilines is 1. The van der Waals surface area contributed by atoms with Crippen LogP contribution in [-0.2, 0) is 16.2 Å². The molecule has 11 heteroatoms. The Hall–Kier alpha value is -2.30. The van der Waals surface area contributed by atoms with Crippen LogP contribution in [0, 0.1) is 0 Å². The Bertz CT molecular complexity index is 1120. The molecule has 0 saturated carbocycles. The Morgan fingerprint density at radius 1 is 1.03 bits per heavy atom. The SMILES string of the molecule is O=C1N(CCS(=O)(=O)N2CCCC2)CC(c2cccc(C(F)(F)F)c2)N1c1ccc(Cl)cc1. The van der Waals surface area contributed by atoms with Gasteiger partial charge in [0.2, 0.25) is 10.0 Å². The summed E-state index contributed by atoms with van der Waals surface area (Å²) in [5.41, 5.74) is -0.0201. The zero-order valence-corrected chi connectivity index (χ0v) is 19.2. The van der Waals surface area contributed by atoms with Crippen LogP contribution in [0.2, 0.25) is 5.02 Å². The first-order valence-corrected chi connectivity index (χ1v) is 12.5. The number of nitrogens with zero attached hydrogens (tertiary/aromatic N) is 3. The van der Waals surface area contributed by atoms with Crippen LogP contribution in [0.3, 0.4) is 0 Å². The minimum absolute atomic E-state index is 0.0444. The molecule has 33 heavy (non-hydrogen) atoms. The van der Waals surface area contributed by atoms with Gasteiger partial charge in [-0.25, -0.2) is 17.5 Å². The fourth-order valence-electron chi connectivity index (χ4n) is 4.23. The van der Waals surface area contributed by atoms with E-state index in [-0.39, 0.29) is 18.8 Å². The smallest absolute Gasteiger partial charge is 0.321 e. The molecule has 2 aromatic carbocycles. The summed E-state index contributed by atoms with van der Waals surface area (Å²) >= 11 is 5.96. The first-order valence-electron chi connectivity index (χ1n) is 10.5. The van der Waals surface area contributed by atoms with Gasteiger partial charge in [0.15, 0.2) is 0 Å². The molecule has 2 aromatic rings. The van der Waals surface area contributed by atoms with Gasteiger partial charge in [0.25, 0.3) is 0 Å². The first kappa shape index (κ1) is 23.8. The van der Waals surface area contributed by atoms with Crippen LogP contribution in [0.25, 0.3) is 0 Å². The Kier molecular flexibility index (Phi) is 6.61. The molecule has 2 fully saturated rings. The van der Waals surface area contributed by atoms with Gasteiger partial charge >= 0.3 is 12.2 Å². The normalized spacial score (nSPS) is 20.1. The number of carbonyl (C=O) groups is 1. The average Bonchev–Trinajstić information content (AvgIpc) is 3.42. The summed E-state index contributed by atoms with van der Waals surface area (Å²) in [5, 5.41) is 0.453. The third kappa shape index (κ3) is 5.12. The summed E-state index contributed by atoms with van der Waals surface area (Å²) < 4.78 is 66.6. The van der Waals surface area contributed by atoms with Gasteiger partial charge in [-0.3, -0.25) is 4.90 Å². The summed E-state index contributed by atoms with van der Waals surface area (Å²) in [4.78, 5) is 16.1. The zero-order valence-electron chi connectivity index (χ0n) is 17.6. The highest BCUT2D eigenvalue weighted by Gasteiger charge is 2.41. The zero-order chi connectivity index (χ0) is 23.8. The van der Waals surface area contributed by atoms with Crippen LogP contribution in [0.15, 0.2) is 48.5 Å². The molecular weight excluding hydrogens is 479 g/mol. The van der Waals surface area contributed by atoms with Crippen LogP contribution >= 0.6 is 11.6 Å². The Morgan fingerprint density at radius 3 is 2.33 bits per heavy atom. The number of benzene rings is 2. The van der Waals surface area contributed by atoms with Crippen molar-refractivity contribution in [2.75, 3.05) is 36.8 Å². The minimum atomic E-state index is -4.52. The van der Waals surface area contributed by atoms with E-state index in [2.05, 4.69) is 0 Å². The van der Waals surface area contributed by atoms with Crippen molar-refractivity contribution >= 4 is 33.3 Å². The molecule has 0 bridgehead atoms. The molecule has 6 nitrogen and oxygen atoms in total. The highest BCUT2D eigenvalue weighted by Crippen LogP contribution is 2.37. The molecule has 1 unspecified atom stereocenters. The summed E-state index contributed by atoms with van der Waals surface area (Å²) in [6, 6.07) is 10.1. The predicted octanol–water partition coefficient (Wildman–Crippen LogP) is 4.77. The fraction of sp³-hybridized carbons (Fsp3) is 0.409. The van der Waals surface area contributed by atoms with Crippen LogP contribution < -0.4 is 4.90 Å². The number of amides is 2. The number of rotatable bonds is 6. The minimum Gasteiger partial charge on any atom is -0.321 e. The van der Waals surface area contributed by atoms with Gasteiger partial charge in [0.05, 0.1) is 17.4 Å². The molecule has 4 rings (SSSR count). The lowest BCUT2D eigenvalue weighted by Crippen LogP contribution is -2.38. The number of alkyl halides is 3. The molecule has 0 N–H and O–H groups in total. The Balaban J connectivity index is 1.62. The van der Waals surface area contributed by atoms with Gasteiger partial charge in [-0.15, -0.1) is 0 Å². The highest BCUT2D eigenvalue weighted by atomic mass is 35.5. The van der Waals surface area contributed by atoms with Gasteiger partial charge in [0.1, 0.15) is 0 Å². The quantitative estimate of drug-likeness (QED) is 0.573. The Labute approximate surface area is 195 Å². The number of hydrogen-bond acceptors (Lipinski definition) is 3. The molecule has 2 heterocycles. The highest BCUT2D eigenvalue weighted by molar-refractivity contribution is 7.89. The monoisotopic (exact) mass is 501 g/mol. The maximum absolute atomic E-state index is 13.3. The largest absolute Gasteiger partial charge is 0.416 e. The van der Waals surface area contributed by atoms with Crippen LogP contribution in [0.1, 0.15) is 30.0 Å². The summed E-state index contributed by atoms with van der Waals surface area (Å²) in [7, 11) is -3.51. The van der Waals surface area contributed by atoms with E-state index in [0.717, 1.165) is 25.0 Å². The predicted molar refractivity (Wildman–Crippen MR) is 120 cm³/mol. The van der Waals surface area contributed by atoms with E-state index < -0.39 is 33.8 Å². The van der Waals surface area contributed by atoms with E-state index in [9.17, 15) is 26.4 Å². The second kappa shape index (κ2) is 9.15. The second-order valence-electron chi connectivity index (χ2n) is 8.14. The molecular formula is C22H23ClF3N3O3S. The standard InChI is InChI=1S/C22H23ClF3N3O3S/c23-18-6-8-19(9-7-18)29-20(16-4-3-5-17(14-16)22(24,25)26)15-27(21(29)30)12-13-33(31,32)28-10-1-2-11-28/h3-9,14,20H,1-2,10-13,15H2. The van der Waals surface area contributed by atoms with E-state index >= 15 is 0 Å². The lowest BCUT2D eigenvalue weighted by atomic mass is 10.0. The van der Waals surface area contributed by atoms with Crippen molar-refractivity contribution in [2.45, 2.75) is 25.1 Å². The molecule has 2 aliphatic heterocycles. The van der Waals surface area contributed by atoms with Crippen molar-refractivity contribution in [2.24, 2.45) is 0 Å². The summed E-state index contributed by atoms with van der Waals surface area (Å²) in [6.45, 7) is 0.968. The third-order valence-corrected chi connectivity index (χ3v) is 8.07. The number of urea groups is 1. The van der Waals surface area contributed by atoms with Crippen molar-refractivity contribution < 1.29 is 26.4 Å². The van der Waals surface area contributed by atoms with E-state index in [1.165, 1.54) is 20.2 Å². The molecule has 0 aromatic heterocycles. The van der Waals surface area contributed by atoms with E-state index in [4.69, 9.17) is 11.6 Å². The van der Waals surface area contributed by atoms with Gasteiger partial charge in [-0.1, -0.05) is 23.7 Å². The van der Waals surface area contributed by atoms with E-state index in [1.54, 1.807) is 30.3 Å². The maximum atomic E-state index is 13.3. The van der Waals surface area contributed by atoms with Crippen LogP contribution in [0.5, 0.6) is 0 Å². The molecule has 0 radical (unpaired) electrons. The van der Waals surface area contributed by atoms with Gasteiger partial charge in [-0.05, 0) is 54.8 Å². The summed E-state index contributed by atoms with van der Waals surface area (Å²) in [5.74, 6) is -0.234. The molecule has 2 saturated heterocycles. The number of carbonyl (C=O) groups excluding carboxylic acids is 1. The van der Waals surface area contributed by atoms with E-state index in [1.807, 2.05) is 0 Å². The summed E-state index contributed by atoms with van der Waals surface area (Å²) in [6.07, 6.45) is -2.90.